The molecular formula is C22H44N+. The van der Waals surface area contributed by atoms with Gasteiger partial charge in [-0.3, -0.25) is 0 Å². The van der Waals surface area contributed by atoms with Crippen LogP contribution in [0.25, 0.3) is 0 Å². The Bertz CT molecular complexity index is 241. The van der Waals surface area contributed by atoms with E-state index in [2.05, 4.69) is 39.2 Å². The van der Waals surface area contributed by atoms with Crippen LogP contribution in [-0.2, 0) is 0 Å². The second kappa shape index (κ2) is 16.3. The van der Waals surface area contributed by atoms with Gasteiger partial charge >= 0.3 is 0 Å². The Kier molecular flexibility index (Phi) is 15.9. The van der Waals surface area contributed by atoms with Gasteiger partial charge in [0.25, 0.3) is 0 Å². The van der Waals surface area contributed by atoms with Crippen molar-refractivity contribution < 1.29 is 4.48 Å². The first-order valence-electron chi connectivity index (χ1n) is 10.3. The van der Waals surface area contributed by atoms with E-state index in [1.807, 2.05) is 0 Å². The maximum Gasteiger partial charge on any atom is 0.0973 e. The molecule has 0 radical (unpaired) electrons. The van der Waals surface area contributed by atoms with Crippen molar-refractivity contribution in [1.29, 1.82) is 0 Å². The van der Waals surface area contributed by atoms with Gasteiger partial charge in [-0.1, -0.05) is 78.4 Å². The van der Waals surface area contributed by atoms with Crippen molar-refractivity contribution in [2.45, 2.75) is 90.9 Å². The van der Waals surface area contributed by atoms with Crippen LogP contribution in [0.1, 0.15) is 90.9 Å². The third-order valence-corrected chi connectivity index (χ3v) is 5.00. The molecule has 23 heavy (non-hydrogen) atoms. The first kappa shape index (κ1) is 22.4. The van der Waals surface area contributed by atoms with E-state index < -0.39 is 0 Å². The molecule has 0 aliphatic heterocycles. The Hall–Kier alpha value is -0.560. The van der Waals surface area contributed by atoms with Crippen LogP contribution in [0.3, 0.4) is 0 Å². The summed E-state index contributed by atoms with van der Waals surface area (Å²) in [6, 6.07) is 0. The molecule has 0 bridgehead atoms. The largest absolute Gasteiger partial charge is 0.317 e. The average molecular weight is 323 g/mol. The maximum atomic E-state index is 4.02. The summed E-state index contributed by atoms with van der Waals surface area (Å²) in [5.41, 5.74) is 0. The third kappa shape index (κ3) is 12.5. The van der Waals surface area contributed by atoms with Crippen molar-refractivity contribution in [3.63, 3.8) is 0 Å². The summed E-state index contributed by atoms with van der Waals surface area (Å²) < 4.78 is 1.19. The lowest BCUT2D eigenvalue weighted by atomic mass is 10.1. The van der Waals surface area contributed by atoms with Crippen LogP contribution in [-0.4, -0.2) is 30.7 Å². The van der Waals surface area contributed by atoms with Crippen molar-refractivity contribution in [3.05, 3.63) is 25.3 Å². The van der Waals surface area contributed by atoms with Gasteiger partial charge in [-0.15, -0.1) is 0 Å². The fourth-order valence-corrected chi connectivity index (χ4v) is 3.55. The molecule has 0 aliphatic carbocycles. The molecule has 0 amide bonds. The summed E-state index contributed by atoms with van der Waals surface area (Å²) in [5.74, 6) is 0. The van der Waals surface area contributed by atoms with E-state index in [1.54, 1.807) is 0 Å². The zero-order valence-electron chi connectivity index (χ0n) is 16.3. The van der Waals surface area contributed by atoms with Crippen LogP contribution in [0, 0.1) is 0 Å². The van der Waals surface area contributed by atoms with Crippen LogP contribution in [0.5, 0.6) is 0 Å². The second-order valence-corrected chi connectivity index (χ2v) is 7.27. The zero-order chi connectivity index (χ0) is 17.2. The van der Waals surface area contributed by atoms with Crippen LogP contribution in [0.4, 0.5) is 0 Å². The summed E-state index contributed by atoms with van der Waals surface area (Å²) in [5, 5.41) is 0. The third-order valence-electron chi connectivity index (χ3n) is 5.00. The molecule has 0 heterocycles. The van der Waals surface area contributed by atoms with E-state index in [9.17, 15) is 0 Å². The highest BCUT2D eigenvalue weighted by atomic mass is 15.3. The van der Waals surface area contributed by atoms with E-state index in [1.165, 1.54) is 94.6 Å². The molecule has 0 saturated heterocycles. The summed E-state index contributed by atoms with van der Waals surface area (Å²) in [7, 11) is 0. The molecule has 0 aromatic carbocycles. The van der Waals surface area contributed by atoms with Crippen LogP contribution < -0.4 is 0 Å². The molecule has 1 heteroatoms. The minimum atomic E-state index is 1.11. The van der Waals surface area contributed by atoms with Gasteiger partial charge in [0.15, 0.2) is 0 Å². The standard InChI is InChI=1S/C22H44N/c1-5-9-11-13-15-17-21-23(19-7-3,20-8-4)22-18-16-14-12-10-6-2/h7-8H,3-6,9-22H2,1-2H3/q+1. The summed E-state index contributed by atoms with van der Waals surface area (Å²) in [6.45, 7) is 17.4. The van der Waals surface area contributed by atoms with Crippen molar-refractivity contribution in [2.24, 2.45) is 0 Å². The van der Waals surface area contributed by atoms with Gasteiger partial charge in [0.2, 0.25) is 0 Å². The molecule has 0 atom stereocenters. The number of unbranched alkanes of at least 4 members (excludes halogenated alkanes) is 10. The maximum absolute atomic E-state index is 4.02. The monoisotopic (exact) mass is 322 g/mol. The molecule has 0 aromatic rings. The highest BCUT2D eigenvalue weighted by Crippen LogP contribution is 2.16. The molecular weight excluding hydrogens is 278 g/mol. The molecule has 0 N–H and O–H groups in total. The van der Waals surface area contributed by atoms with E-state index in [0.717, 1.165) is 13.1 Å². The molecule has 1 nitrogen and oxygen atoms in total. The lowest BCUT2D eigenvalue weighted by Gasteiger charge is -2.37. The predicted octanol–water partition coefficient (Wildman–Crippen LogP) is 6.90. The summed E-state index contributed by atoms with van der Waals surface area (Å²) in [4.78, 5) is 0. The lowest BCUT2D eigenvalue weighted by molar-refractivity contribution is -0.917. The fraction of sp³-hybridized carbons (Fsp3) is 0.818. The number of rotatable bonds is 18. The average Bonchev–Trinajstić information content (AvgIpc) is 2.54. The Balaban J connectivity index is 4.16. The van der Waals surface area contributed by atoms with Gasteiger partial charge in [0, 0.05) is 0 Å². The first-order chi connectivity index (χ1) is 11.2. The molecule has 0 unspecified atom stereocenters. The Morgan fingerprint density at radius 2 is 0.913 bits per heavy atom. The van der Waals surface area contributed by atoms with Gasteiger partial charge < -0.3 is 4.48 Å². The van der Waals surface area contributed by atoms with E-state index >= 15 is 0 Å². The summed E-state index contributed by atoms with van der Waals surface area (Å²) in [6.07, 6.45) is 20.9. The molecule has 0 spiro atoms. The molecule has 0 rings (SSSR count). The van der Waals surface area contributed by atoms with Gasteiger partial charge in [-0.2, -0.15) is 0 Å². The lowest BCUT2D eigenvalue weighted by Crippen LogP contribution is -2.49. The Morgan fingerprint density at radius 1 is 0.565 bits per heavy atom. The van der Waals surface area contributed by atoms with Gasteiger partial charge in [-0.25, -0.2) is 0 Å². The fourth-order valence-electron chi connectivity index (χ4n) is 3.55. The minimum absolute atomic E-state index is 1.11. The first-order valence-corrected chi connectivity index (χ1v) is 10.3. The zero-order valence-corrected chi connectivity index (χ0v) is 16.3. The van der Waals surface area contributed by atoms with Crippen LogP contribution in [0.15, 0.2) is 25.3 Å². The van der Waals surface area contributed by atoms with Gasteiger partial charge in [0.05, 0.1) is 26.2 Å². The van der Waals surface area contributed by atoms with Crippen LogP contribution in [0.2, 0.25) is 0 Å². The predicted molar refractivity (Wildman–Crippen MR) is 107 cm³/mol. The van der Waals surface area contributed by atoms with E-state index in [-0.39, 0.29) is 0 Å². The quantitative estimate of drug-likeness (QED) is 0.146. The second-order valence-electron chi connectivity index (χ2n) is 7.27. The highest BCUT2D eigenvalue weighted by molar-refractivity contribution is 4.72. The van der Waals surface area contributed by atoms with Crippen molar-refractivity contribution in [1.82, 2.24) is 0 Å². The van der Waals surface area contributed by atoms with Gasteiger partial charge in [0.1, 0.15) is 0 Å². The topological polar surface area (TPSA) is 0 Å². The molecule has 0 saturated carbocycles. The molecule has 0 fully saturated rings. The molecule has 136 valence electrons. The van der Waals surface area contributed by atoms with Crippen molar-refractivity contribution in [3.8, 4) is 0 Å². The number of nitrogens with zero attached hydrogens (tertiary/aromatic N) is 1. The Morgan fingerprint density at radius 3 is 1.26 bits per heavy atom. The molecule has 0 aromatic heterocycles. The number of hydrogen-bond acceptors (Lipinski definition) is 0. The van der Waals surface area contributed by atoms with Crippen LogP contribution >= 0.6 is 0 Å². The minimum Gasteiger partial charge on any atom is -0.317 e. The Labute approximate surface area is 147 Å². The number of hydrogen-bond donors (Lipinski definition) is 0. The van der Waals surface area contributed by atoms with Gasteiger partial charge in [-0.05, 0) is 37.8 Å². The summed E-state index contributed by atoms with van der Waals surface area (Å²) >= 11 is 0. The smallest absolute Gasteiger partial charge is 0.0973 e. The van der Waals surface area contributed by atoms with Crippen molar-refractivity contribution in [2.75, 3.05) is 26.2 Å². The van der Waals surface area contributed by atoms with E-state index in [0.29, 0.717) is 0 Å². The molecule has 0 aliphatic rings. The van der Waals surface area contributed by atoms with Crippen molar-refractivity contribution >= 4 is 0 Å². The number of quaternary nitrogens is 1. The normalized spacial score (nSPS) is 11.6. The SMILES string of the molecule is C=CC[N+](CC=C)(CCCCCCCC)CCCCCCCC. The highest BCUT2D eigenvalue weighted by Gasteiger charge is 2.23. The van der Waals surface area contributed by atoms with E-state index in [4.69, 9.17) is 0 Å².